The predicted molar refractivity (Wildman–Crippen MR) is 91.1 cm³/mol. The summed E-state index contributed by atoms with van der Waals surface area (Å²) in [6.07, 6.45) is -1.59. The normalized spacial score (nSPS) is 46.4. The highest BCUT2D eigenvalue weighted by Gasteiger charge is 2.80. The van der Waals surface area contributed by atoms with E-state index in [-0.39, 0.29) is 25.0 Å². The van der Waals surface area contributed by atoms with Crippen LogP contribution in [-0.4, -0.2) is 59.2 Å². The standard InChI is InChI=1S/C12H17ClN12O2/c13-6-4(2-19-25-17)3(1-18-24-16)5-11(6)7(20-9(14)22-11)27-8-12(5,26)23-10(15)21-8/h3-8,26H,1-2H2,(H3,14,20,22)(H3,15,21,23)/p+2/t3-,4-,5?,6+,7+,8?,11+,12?/m1/s1. The lowest BCUT2D eigenvalue weighted by atomic mass is 9.72. The molecule has 2 fully saturated rings. The van der Waals surface area contributed by atoms with Crippen molar-refractivity contribution < 1.29 is 19.8 Å². The number of ether oxygens (including phenoxy) is 1. The van der Waals surface area contributed by atoms with Gasteiger partial charge in [-0.05, 0) is 22.9 Å². The Morgan fingerprint density at radius 3 is 2.37 bits per heavy atom. The molecule has 1 spiro atoms. The summed E-state index contributed by atoms with van der Waals surface area (Å²) < 4.78 is 5.97. The Kier molecular flexibility index (Phi) is 3.91. The Morgan fingerprint density at radius 1 is 1.11 bits per heavy atom. The van der Waals surface area contributed by atoms with Gasteiger partial charge in [-0.25, -0.2) is 15.3 Å². The summed E-state index contributed by atoms with van der Waals surface area (Å²) in [5.74, 6) is -1.14. The van der Waals surface area contributed by atoms with Crippen LogP contribution in [0.1, 0.15) is 0 Å². The number of alkyl halides is 1. The van der Waals surface area contributed by atoms with Crippen LogP contribution in [0, 0.1) is 17.8 Å². The molecule has 8 atom stereocenters. The molecule has 0 aromatic heterocycles. The minimum atomic E-state index is -1.66. The first-order valence-electron chi connectivity index (χ1n) is 8.26. The summed E-state index contributed by atoms with van der Waals surface area (Å²) >= 11 is 6.84. The fourth-order valence-electron chi connectivity index (χ4n) is 5.04. The smallest absolute Gasteiger partial charge is 0.345 e. The molecule has 1 aliphatic carbocycles. The fourth-order valence-corrected chi connectivity index (χ4v) is 5.62. The molecule has 4 aliphatic rings. The third kappa shape index (κ3) is 2.22. The molecule has 3 aliphatic heterocycles. The number of fused-ring (bicyclic) bond motifs is 2. The molecule has 27 heavy (non-hydrogen) atoms. The molecule has 0 bridgehead atoms. The van der Waals surface area contributed by atoms with Crippen molar-refractivity contribution in [1.82, 2.24) is 10.6 Å². The van der Waals surface area contributed by atoms with Crippen molar-refractivity contribution in [3.05, 3.63) is 20.9 Å². The molecule has 9 N–H and O–H groups in total. The quantitative estimate of drug-likeness (QED) is 0.106. The van der Waals surface area contributed by atoms with Gasteiger partial charge >= 0.3 is 11.9 Å². The summed E-state index contributed by atoms with van der Waals surface area (Å²) in [6.45, 7) is 0.0822. The first kappa shape index (κ1) is 17.8. The maximum Gasteiger partial charge on any atom is 0.345 e. The van der Waals surface area contributed by atoms with Gasteiger partial charge in [0.25, 0.3) is 5.72 Å². The maximum atomic E-state index is 11.5. The van der Waals surface area contributed by atoms with Crippen LogP contribution in [-0.2, 0) is 4.74 Å². The molecule has 0 aromatic carbocycles. The zero-order valence-electron chi connectivity index (χ0n) is 13.9. The molecule has 1 saturated heterocycles. The Bertz CT molecular complexity index is 821. The molecule has 1 saturated carbocycles. The molecule has 0 amide bonds. The molecule has 3 unspecified atom stereocenters. The molecule has 14 nitrogen and oxygen atoms in total. The van der Waals surface area contributed by atoms with Crippen molar-refractivity contribution in [2.75, 3.05) is 13.1 Å². The van der Waals surface area contributed by atoms with Crippen LogP contribution in [0.4, 0.5) is 0 Å². The number of nitrogens with one attached hydrogen (secondary N) is 4. The van der Waals surface area contributed by atoms with E-state index in [0.717, 1.165) is 0 Å². The lowest BCUT2D eigenvalue weighted by Gasteiger charge is -2.47. The summed E-state index contributed by atoms with van der Waals surface area (Å²) in [6, 6.07) is 0. The summed E-state index contributed by atoms with van der Waals surface area (Å²) in [4.78, 5) is 11.5. The third-order valence-corrected chi connectivity index (χ3v) is 6.56. The van der Waals surface area contributed by atoms with Crippen LogP contribution in [0.5, 0.6) is 0 Å². The molecule has 15 heteroatoms. The second-order valence-electron chi connectivity index (χ2n) is 7.05. The second-order valence-corrected chi connectivity index (χ2v) is 7.52. The molecule has 144 valence electrons. The monoisotopic (exact) mass is 398 g/mol. The van der Waals surface area contributed by atoms with Gasteiger partial charge in [0.05, 0.1) is 11.3 Å². The number of halogens is 1. The molecule has 0 aromatic rings. The van der Waals surface area contributed by atoms with Gasteiger partial charge in [-0.2, -0.15) is 0 Å². The van der Waals surface area contributed by atoms with E-state index in [2.05, 4.69) is 40.7 Å². The van der Waals surface area contributed by atoms with Gasteiger partial charge in [0.15, 0.2) is 5.54 Å². The van der Waals surface area contributed by atoms with Gasteiger partial charge in [0.1, 0.15) is 0 Å². The van der Waals surface area contributed by atoms with Crippen LogP contribution in [0.25, 0.3) is 20.9 Å². The van der Waals surface area contributed by atoms with E-state index < -0.39 is 46.9 Å². The lowest BCUT2D eigenvalue weighted by molar-refractivity contribution is -0.661. The third-order valence-electron chi connectivity index (χ3n) is 5.88. The van der Waals surface area contributed by atoms with E-state index in [1.165, 1.54) is 0 Å². The largest absolute Gasteiger partial charge is 0.354 e. The number of hydrogen-bond donors (Lipinski definition) is 7. The van der Waals surface area contributed by atoms with Crippen molar-refractivity contribution in [1.29, 1.82) is 0 Å². The molecule has 3 heterocycles. The second kappa shape index (κ2) is 5.94. The SMILES string of the molecule is [N-]=[N+]=NC[C@@H]1[C@@H](CN=[N+]=[N-])C2C3(O)NC(N)=[NH+]C3O[C@@H]3[NH+]=C(N)N[C@]23[C@H]1Cl. The van der Waals surface area contributed by atoms with E-state index in [9.17, 15) is 5.11 Å². The molecule has 0 radical (unpaired) electrons. The van der Waals surface area contributed by atoms with Crippen molar-refractivity contribution in [3.8, 4) is 0 Å². The van der Waals surface area contributed by atoms with Crippen LogP contribution in [0.2, 0.25) is 0 Å². The van der Waals surface area contributed by atoms with E-state index in [1.54, 1.807) is 0 Å². The van der Waals surface area contributed by atoms with Gasteiger partial charge < -0.3 is 5.11 Å². The van der Waals surface area contributed by atoms with Crippen LogP contribution < -0.4 is 32.1 Å². The molecular weight excluding hydrogens is 380 g/mol. The first-order chi connectivity index (χ1) is 12.9. The Morgan fingerprint density at radius 2 is 1.70 bits per heavy atom. The van der Waals surface area contributed by atoms with Crippen LogP contribution in [0.3, 0.4) is 0 Å². The topological polar surface area (TPSA) is 231 Å². The van der Waals surface area contributed by atoms with Crippen molar-refractivity contribution in [3.63, 3.8) is 0 Å². The first-order valence-corrected chi connectivity index (χ1v) is 8.70. The van der Waals surface area contributed by atoms with E-state index in [4.69, 9.17) is 38.9 Å². The van der Waals surface area contributed by atoms with Crippen LogP contribution in [0.15, 0.2) is 10.2 Å². The van der Waals surface area contributed by atoms with Gasteiger partial charge in [0, 0.05) is 22.9 Å². The van der Waals surface area contributed by atoms with E-state index in [0.29, 0.717) is 0 Å². The van der Waals surface area contributed by atoms with E-state index in [1.807, 2.05) is 0 Å². The number of nitrogens with two attached hydrogens (primary N) is 2. The Labute approximate surface area is 157 Å². The Hall–Kier alpha value is -2.63. The number of guanidine groups is 2. The van der Waals surface area contributed by atoms with Crippen molar-refractivity contribution in [2.24, 2.45) is 39.4 Å². The van der Waals surface area contributed by atoms with Gasteiger partial charge in [-0.3, -0.25) is 21.5 Å². The summed E-state index contributed by atoms with van der Waals surface area (Å²) in [7, 11) is 0. The number of aliphatic hydroxyl groups is 1. The number of rotatable bonds is 4. The van der Waals surface area contributed by atoms with Crippen molar-refractivity contribution >= 4 is 23.5 Å². The molecular formula is C12H19ClN12O2+2. The zero-order valence-corrected chi connectivity index (χ0v) is 14.7. The highest BCUT2D eigenvalue weighted by Crippen LogP contribution is 2.56. The highest BCUT2D eigenvalue weighted by atomic mass is 35.5. The highest BCUT2D eigenvalue weighted by molar-refractivity contribution is 6.22. The average Bonchev–Trinajstić information content (AvgIpc) is 3.17. The predicted octanol–water partition coefficient (Wildman–Crippen LogP) is -4.82. The number of hydrogen-bond acceptors (Lipinski definition) is 8. The maximum absolute atomic E-state index is 11.5. The van der Waals surface area contributed by atoms with Crippen molar-refractivity contribution in [2.45, 2.75) is 29.1 Å². The average molecular weight is 399 g/mol. The summed E-state index contributed by atoms with van der Waals surface area (Å²) in [5.41, 5.74) is 26.7. The zero-order chi connectivity index (χ0) is 19.4. The minimum Gasteiger partial charge on any atom is -0.354 e. The van der Waals surface area contributed by atoms with Crippen LogP contribution >= 0.6 is 11.6 Å². The molecule has 4 rings (SSSR count). The van der Waals surface area contributed by atoms with Gasteiger partial charge in [-0.15, -0.1) is 11.6 Å². The number of nitrogens with zero attached hydrogens (tertiary/aromatic N) is 6. The minimum absolute atomic E-state index is 0.0304. The summed E-state index contributed by atoms with van der Waals surface area (Å²) in [5, 5.41) is 24.1. The van der Waals surface area contributed by atoms with Gasteiger partial charge in [0.2, 0.25) is 12.5 Å². The van der Waals surface area contributed by atoms with Gasteiger partial charge in [-0.1, -0.05) is 10.2 Å². The lowest BCUT2D eigenvalue weighted by Crippen LogP contribution is -2.93. The fraction of sp³-hybridized carbons (Fsp3) is 0.833. The van der Waals surface area contributed by atoms with E-state index >= 15 is 0 Å². The number of azide groups is 2. The Balaban J connectivity index is 1.86.